The third-order valence-electron chi connectivity index (χ3n) is 4.81. The van der Waals surface area contributed by atoms with Crippen molar-refractivity contribution in [3.63, 3.8) is 0 Å². The van der Waals surface area contributed by atoms with Gasteiger partial charge in [-0.15, -0.1) is 0 Å². The lowest BCUT2D eigenvalue weighted by Crippen LogP contribution is -2.43. The van der Waals surface area contributed by atoms with Gasteiger partial charge >= 0.3 is 0 Å². The summed E-state index contributed by atoms with van der Waals surface area (Å²) < 4.78 is 0. The molecule has 2 aliphatic rings. The largest absolute Gasteiger partial charge is 0.386 e. The molecule has 2 heterocycles. The molecule has 0 aromatic heterocycles. The van der Waals surface area contributed by atoms with Crippen LogP contribution < -0.4 is 5.32 Å². The summed E-state index contributed by atoms with van der Waals surface area (Å²) in [5.41, 5.74) is 0.800. The van der Waals surface area contributed by atoms with E-state index in [1.165, 1.54) is 0 Å². The van der Waals surface area contributed by atoms with Crippen LogP contribution in [0.3, 0.4) is 0 Å². The Bertz CT molecular complexity index is 626. The maximum Gasteiger partial charge on any atom is 0.194 e. The number of nitrogens with one attached hydrogen (secondary N) is 1. The zero-order valence-corrected chi connectivity index (χ0v) is 15.5. The molecular weight excluding hydrogens is 336 g/mol. The fraction of sp³-hybridized carbons (Fsp3) is 0.526. The van der Waals surface area contributed by atoms with Crippen LogP contribution in [0.1, 0.15) is 25.0 Å². The number of aliphatic hydroxyl groups excluding tert-OH is 1. The number of halogens is 1. The Morgan fingerprint density at radius 2 is 2.20 bits per heavy atom. The Balaban J connectivity index is 1.61. The van der Waals surface area contributed by atoms with Crippen LogP contribution in [0.15, 0.2) is 41.4 Å². The molecule has 2 unspecified atom stereocenters. The van der Waals surface area contributed by atoms with Crippen LogP contribution in [0.25, 0.3) is 0 Å². The Morgan fingerprint density at radius 1 is 1.40 bits per heavy atom. The molecule has 1 aromatic carbocycles. The van der Waals surface area contributed by atoms with Crippen LogP contribution in [0.5, 0.6) is 0 Å². The molecular formula is C19H27ClN4O. The molecule has 0 amide bonds. The topological polar surface area (TPSA) is 51.1 Å². The fourth-order valence-electron chi connectivity index (χ4n) is 3.44. The van der Waals surface area contributed by atoms with Crippen molar-refractivity contribution in [2.24, 2.45) is 4.99 Å². The van der Waals surface area contributed by atoms with E-state index in [1.807, 2.05) is 18.2 Å². The molecule has 2 atom stereocenters. The highest BCUT2D eigenvalue weighted by atomic mass is 35.5. The van der Waals surface area contributed by atoms with Gasteiger partial charge in [0, 0.05) is 43.8 Å². The van der Waals surface area contributed by atoms with Gasteiger partial charge in [-0.2, -0.15) is 0 Å². The molecule has 1 fully saturated rings. The van der Waals surface area contributed by atoms with E-state index in [-0.39, 0.29) is 0 Å². The van der Waals surface area contributed by atoms with Crippen molar-refractivity contribution in [2.75, 3.05) is 39.3 Å². The lowest BCUT2D eigenvalue weighted by molar-refractivity contribution is 0.186. The zero-order chi connectivity index (χ0) is 17.6. The fourth-order valence-corrected chi connectivity index (χ4v) is 3.64. The highest BCUT2D eigenvalue weighted by Crippen LogP contribution is 2.20. The number of aliphatic hydroxyl groups is 1. The van der Waals surface area contributed by atoms with Crippen molar-refractivity contribution in [3.05, 3.63) is 47.0 Å². The summed E-state index contributed by atoms with van der Waals surface area (Å²) in [5, 5.41) is 14.4. The van der Waals surface area contributed by atoms with E-state index in [4.69, 9.17) is 11.6 Å². The molecule has 6 heteroatoms. The molecule has 136 valence electrons. The molecule has 1 saturated heterocycles. The minimum Gasteiger partial charge on any atom is -0.386 e. The van der Waals surface area contributed by atoms with Crippen LogP contribution in [-0.4, -0.2) is 66.2 Å². The summed E-state index contributed by atoms with van der Waals surface area (Å²) in [6.45, 7) is 7.31. The van der Waals surface area contributed by atoms with Crippen molar-refractivity contribution < 1.29 is 5.11 Å². The van der Waals surface area contributed by atoms with Crippen molar-refractivity contribution in [2.45, 2.75) is 25.5 Å². The number of nitrogens with zero attached hydrogens (tertiary/aromatic N) is 3. The second kappa shape index (κ2) is 8.70. The van der Waals surface area contributed by atoms with Gasteiger partial charge in [0.2, 0.25) is 0 Å². The Morgan fingerprint density at radius 3 is 2.92 bits per heavy atom. The molecule has 0 aliphatic carbocycles. The van der Waals surface area contributed by atoms with Crippen LogP contribution in [0.2, 0.25) is 5.02 Å². The zero-order valence-electron chi connectivity index (χ0n) is 14.7. The van der Waals surface area contributed by atoms with Crippen molar-refractivity contribution in [1.82, 2.24) is 15.1 Å². The summed E-state index contributed by atoms with van der Waals surface area (Å²) in [7, 11) is 0. The normalized spacial score (nSPS) is 22.6. The molecule has 2 N–H and O–H groups in total. The summed E-state index contributed by atoms with van der Waals surface area (Å²) in [6, 6.07) is 7.91. The first-order valence-corrected chi connectivity index (χ1v) is 9.41. The smallest absolute Gasteiger partial charge is 0.194 e. The second-order valence-electron chi connectivity index (χ2n) is 6.58. The summed E-state index contributed by atoms with van der Waals surface area (Å²) in [4.78, 5) is 9.47. The summed E-state index contributed by atoms with van der Waals surface area (Å²) >= 11 is 6.01. The number of benzene rings is 1. The SMILES string of the molecule is CCNC(=NCC(O)c1cccc(Cl)c1)N1CCC(N2CC=CC2)C1. The number of guanidine groups is 1. The molecule has 0 bridgehead atoms. The quantitative estimate of drug-likeness (QED) is 0.479. The summed E-state index contributed by atoms with van der Waals surface area (Å²) in [6.07, 6.45) is 4.99. The minimum atomic E-state index is -0.645. The first kappa shape index (κ1) is 18.2. The average molecular weight is 363 g/mol. The van der Waals surface area contributed by atoms with Crippen LogP contribution in [0, 0.1) is 0 Å². The van der Waals surface area contributed by atoms with E-state index in [0.29, 0.717) is 17.6 Å². The van der Waals surface area contributed by atoms with Gasteiger partial charge in [0.15, 0.2) is 5.96 Å². The number of rotatable bonds is 5. The molecule has 3 rings (SSSR count). The molecule has 2 aliphatic heterocycles. The molecule has 25 heavy (non-hydrogen) atoms. The predicted octanol–water partition coefficient (Wildman–Crippen LogP) is 2.29. The van der Waals surface area contributed by atoms with Gasteiger partial charge in [0.1, 0.15) is 0 Å². The molecule has 0 saturated carbocycles. The van der Waals surface area contributed by atoms with E-state index in [0.717, 1.165) is 50.7 Å². The number of hydrogen-bond donors (Lipinski definition) is 2. The van der Waals surface area contributed by atoms with Crippen LogP contribution >= 0.6 is 11.6 Å². The van der Waals surface area contributed by atoms with Gasteiger partial charge in [-0.05, 0) is 31.0 Å². The molecule has 5 nitrogen and oxygen atoms in total. The van der Waals surface area contributed by atoms with Gasteiger partial charge in [-0.25, -0.2) is 0 Å². The maximum absolute atomic E-state index is 10.4. The Labute approximate surface area is 155 Å². The third-order valence-corrected chi connectivity index (χ3v) is 5.04. The van der Waals surface area contributed by atoms with Crippen molar-refractivity contribution in [3.8, 4) is 0 Å². The Hall–Kier alpha value is -1.56. The van der Waals surface area contributed by atoms with Crippen LogP contribution in [-0.2, 0) is 0 Å². The molecule has 0 radical (unpaired) electrons. The van der Waals surface area contributed by atoms with E-state index < -0.39 is 6.10 Å². The first-order chi connectivity index (χ1) is 12.2. The Kier molecular flexibility index (Phi) is 6.34. The van der Waals surface area contributed by atoms with E-state index in [1.54, 1.807) is 6.07 Å². The molecule has 0 spiro atoms. The second-order valence-corrected chi connectivity index (χ2v) is 7.02. The molecule has 1 aromatic rings. The standard InChI is InChI=1S/C19H27ClN4O/c1-2-21-19(22-13-18(25)15-6-5-7-16(20)12-15)24-11-8-17(14-24)23-9-3-4-10-23/h3-7,12,17-18,25H,2,8-11,13-14H2,1H3,(H,21,22). The van der Waals surface area contributed by atoms with Gasteiger partial charge in [0.25, 0.3) is 0 Å². The monoisotopic (exact) mass is 362 g/mol. The van der Waals surface area contributed by atoms with Crippen LogP contribution in [0.4, 0.5) is 0 Å². The van der Waals surface area contributed by atoms with Crippen molar-refractivity contribution >= 4 is 17.6 Å². The van der Waals surface area contributed by atoms with E-state index in [9.17, 15) is 5.11 Å². The highest BCUT2D eigenvalue weighted by Gasteiger charge is 2.29. The summed E-state index contributed by atoms with van der Waals surface area (Å²) in [5.74, 6) is 0.887. The van der Waals surface area contributed by atoms with Crippen molar-refractivity contribution in [1.29, 1.82) is 0 Å². The number of aliphatic imine (C=N–C) groups is 1. The van der Waals surface area contributed by atoms with E-state index >= 15 is 0 Å². The van der Waals surface area contributed by atoms with Gasteiger partial charge in [0.05, 0.1) is 12.6 Å². The number of hydrogen-bond acceptors (Lipinski definition) is 3. The highest BCUT2D eigenvalue weighted by molar-refractivity contribution is 6.30. The lowest BCUT2D eigenvalue weighted by atomic mass is 10.1. The number of likely N-dealkylation sites (tertiary alicyclic amines) is 1. The third kappa shape index (κ3) is 4.75. The van der Waals surface area contributed by atoms with Gasteiger partial charge < -0.3 is 15.3 Å². The predicted molar refractivity (Wildman–Crippen MR) is 103 cm³/mol. The lowest BCUT2D eigenvalue weighted by Gasteiger charge is -2.25. The first-order valence-electron chi connectivity index (χ1n) is 9.03. The average Bonchev–Trinajstić information content (AvgIpc) is 3.29. The van der Waals surface area contributed by atoms with Gasteiger partial charge in [-0.3, -0.25) is 9.89 Å². The maximum atomic E-state index is 10.4. The van der Waals surface area contributed by atoms with E-state index in [2.05, 4.69) is 39.2 Å². The van der Waals surface area contributed by atoms with Gasteiger partial charge in [-0.1, -0.05) is 35.9 Å². The minimum absolute atomic E-state index is 0.328.